The first-order valence-corrected chi connectivity index (χ1v) is 9.99. The van der Waals surface area contributed by atoms with Gasteiger partial charge in [0.25, 0.3) is 0 Å². The SMILES string of the molecule is CCC[C@@]1(CC#Cc2ccccc2)C(=O)N(C(=O)OC(C)(C)C)c2ccccc21. The van der Waals surface area contributed by atoms with E-state index < -0.39 is 17.1 Å². The Labute approximate surface area is 172 Å². The Morgan fingerprint density at radius 3 is 2.38 bits per heavy atom. The zero-order valence-corrected chi connectivity index (χ0v) is 17.5. The lowest BCUT2D eigenvalue weighted by atomic mass is 9.75. The van der Waals surface area contributed by atoms with E-state index >= 15 is 0 Å². The first-order chi connectivity index (χ1) is 13.8. The first-order valence-electron chi connectivity index (χ1n) is 9.99. The Bertz CT molecular complexity index is 963. The number of imide groups is 1. The molecule has 0 fully saturated rings. The molecule has 0 saturated carbocycles. The second kappa shape index (κ2) is 8.13. The van der Waals surface area contributed by atoms with E-state index in [1.165, 1.54) is 4.90 Å². The topological polar surface area (TPSA) is 46.6 Å². The number of para-hydroxylation sites is 1. The van der Waals surface area contributed by atoms with Crippen LogP contribution < -0.4 is 4.90 Å². The van der Waals surface area contributed by atoms with Gasteiger partial charge in [-0.2, -0.15) is 0 Å². The zero-order chi connectivity index (χ0) is 21.1. The summed E-state index contributed by atoms with van der Waals surface area (Å²) in [5.74, 6) is 6.10. The fraction of sp³-hybridized carbons (Fsp3) is 0.360. The van der Waals surface area contributed by atoms with Crippen molar-refractivity contribution in [2.75, 3.05) is 4.90 Å². The highest BCUT2D eigenvalue weighted by Gasteiger charge is 2.52. The molecule has 2 aromatic rings. The lowest BCUT2D eigenvalue weighted by molar-refractivity contribution is -0.123. The monoisotopic (exact) mass is 389 g/mol. The third-order valence-electron chi connectivity index (χ3n) is 4.92. The maximum atomic E-state index is 13.6. The minimum Gasteiger partial charge on any atom is -0.443 e. The zero-order valence-electron chi connectivity index (χ0n) is 17.5. The molecule has 0 N–H and O–H groups in total. The normalized spacial score (nSPS) is 18.1. The van der Waals surface area contributed by atoms with Crippen LogP contribution in [-0.2, 0) is 14.9 Å². The first kappa shape index (κ1) is 20.7. The minimum absolute atomic E-state index is 0.253. The fourth-order valence-corrected chi connectivity index (χ4v) is 3.75. The van der Waals surface area contributed by atoms with Gasteiger partial charge in [-0.1, -0.05) is 61.6 Å². The minimum atomic E-state index is -0.843. The van der Waals surface area contributed by atoms with E-state index in [0.29, 0.717) is 18.5 Å². The summed E-state index contributed by atoms with van der Waals surface area (Å²) in [6, 6.07) is 17.2. The summed E-state index contributed by atoms with van der Waals surface area (Å²) >= 11 is 0. The van der Waals surface area contributed by atoms with Gasteiger partial charge >= 0.3 is 6.09 Å². The van der Waals surface area contributed by atoms with Gasteiger partial charge in [0.15, 0.2) is 0 Å². The van der Waals surface area contributed by atoms with Gasteiger partial charge in [0.2, 0.25) is 5.91 Å². The lowest BCUT2D eigenvalue weighted by Crippen LogP contribution is -2.45. The molecule has 4 nitrogen and oxygen atoms in total. The molecule has 4 heteroatoms. The second-order valence-corrected chi connectivity index (χ2v) is 8.31. The largest absolute Gasteiger partial charge is 0.443 e. The Hall–Kier alpha value is -3.06. The van der Waals surface area contributed by atoms with Crippen LogP contribution in [-0.4, -0.2) is 17.6 Å². The molecule has 1 atom stereocenters. The summed E-state index contributed by atoms with van der Waals surface area (Å²) in [4.78, 5) is 27.7. The molecule has 0 aliphatic carbocycles. The van der Waals surface area contributed by atoms with Crippen molar-refractivity contribution in [2.45, 2.75) is 58.0 Å². The van der Waals surface area contributed by atoms with Crippen LogP contribution in [0.2, 0.25) is 0 Å². The predicted molar refractivity (Wildman–Crippen MR) is 115 cm³/mol. The predicted octanol–water partition coefficient (Wildman–Crippen LogP) is 5.45. The number of fused-ring (bicyclic) bond motifs is 1. The molecule has 0 aromatic heterocycles. The third-order valence-corrected chi connectivity index (χ3v) is 4.92. The molecule has 29 heavy (non-hydrogen) atoms. The molecule has 0 radical (unpaired) electrons. The van der Waals surface area contributed by atoms with Crippen molar-refractivity contribution in [3.05, 3.63) is 65.7 Å². The molecule has 1 aliphatic heterocycles. The van der Waals surface area contributed by atoms with Crippen molar-refractivity contribution in [1.82, 2.24) is 0 Å². The summed E-state index contributed by atoms with van der Waals surface area (Å²) < 4.78 is 5.52. The van der Waals surface area contributed by atoms with Crippen molar-refractivity contribution in [1.29, 1.82) is 0 Å². The number of nitrogens with zero attached hydrogens (tertiary/aromatic N) is 1. The van der Waals surface area contributed by atoms with E-state index in [0.717, 1.165) is 17.5 Å². The fourth-order valence-electron chi connectivity index (χ4n) is 3.75. The van der Waals surface area contributed by atoms with Crippen LogP contribution in [0.25, 0.3) is 0 Å². The van der Waals surface area contributed by atoms with Crippen molar-refractivity contribution >= 4 is 17.7 Å². The lowest BCUT2D eigenvalue weighted by Gasteiger charge is -2.27. The van der Waals surface area contributed by atoms with Gasteiger partial charge in [-0.05, 0) is 51.0 Å². The smallest absolute Gasteiger partial charge is 0.421 e. The highest BCUT2D eigenvalue weighted by molar-refractivity contribution is 6.21. The van der Waals surface area contributed by atoms with Crippen molar-refractivity contribution < 1.29 is 14.3 Å². The maximum Gasteiger partial charge on any atom is 0.421 e. The number of carbonyl (C=O) groups is 2. The second-order valence-electron chi connectivity index (χ2n) is 8.31. The van der Waals surface area contributed by atoms with Crippen LogP contribution in [0.3, 0.4) is 0 Å². The average Bonchev–Trinajstić information content (AvgIpc) is 2.90. The Kier molecular flexibility index (Phi) is 5.79. The number of hydrogen-bond acceptors (Lipinski definition) is 3. The average molecular weight is 389 g/mol. The van der Waals surface area contributed by atoms with Crippen LogP contribution in [0, 0.1) is 11.8 Å². The number of anilines is 1. The molecule has 2 amide bonds. The molecule has 3 rings (SSSR count). The summed E-state index contributed by atoms with van der Waals surface area (Å²) in [6.07, 6.45) is 1.13. The van der Waals surface area contributed by atoms with Crippen LogP contribution in [0.15, 0.2) is 54.6 Å². The molecule has 1 aliphatic rings. The number of ether oxygens (including phenoxy) is 1. The molecular weight excluding hydrogens is 362 g/mol. The van der Waals surface area contributed by atoms with Crippen molar-refractivity contribution in [3.8, 4) is 11.8 Å². The van der Waals surface area contributed by atoms with E-state index in [-0.39, 0.29) is 5.91 Å². The number of amides is 2. The molecular formula is C25H27NO3. The van der Waals surface area contributed by atoms with Gasteiger partial charge < -0.3 is 4.74 Å². The highest BCUT2D eigenvalue weighted by Crippen LogP contribution is 2.47. The van der Waals surface area contributed by atoms with E-state index in [9.17, 15) is 9.59 Å². The van der Waals surface area contributed by atoms with E-state index in [1.54, 1.807) is 26.8 Å². The van der Waals surface area contributed by atoms with E-state index in [1.807, 2.05) is 55.5 Å². The van der Waals surface area contributed by atoms with E-state index in [4.69, 9.17) is 4.74 Å². The van der Waals surface area contributed by atoms with Crippen molar-refractivity contribution in [3.63, 3.8) is 0 Å². The number of rotatable bonds is 3. The molecule has 0 spiro atoms. The standard InChI is InChI=1S/C25H27NO3/c1-5-17-25(18-11-14-19-12-7-6-8-13-19)20-15-9-10-16-21(20)26(22(25)27)23(28)29-24(2,3)4/h6-10,12-13,15-16H,5,17-18H2,1-4H3/t25-/m0/s1. The van der Waals surface area contributed by atoms with Gasteiger partial charge in [-0.25, -0.2) is 9.69 Å². The molecule has 2 aromatic carbocycles. The van der Waals surface area contributed by atoms with E-state index in [2.05, 4.69) is 11.8 Å². The number of hydrogen-bond donors (Lipinski definition) is 0. The molecule has 0 bridgehead atoms. The molecule has 1 heterocycles. The van der Waals surface area contributed by atoms with Gasteiger partial charge in [0, 0.05) is 12.0 Å². The molecule has 0 unspecified atom stereocenters. The van der Waals surface area contributed by atoms with Crippen LogP contribution >= 0.6 is 0 Å². The number of carbonyl (C=O) groups excluding carboxylic acids is 2. The third kappa shape index (κ3) is 4.19. The summed E-state index contributed by atoms with van der Waals surface area (Å²) in [5.41, 5.74) is 0.822. The summed E-state index contributed by atoms with van der Waals surface area (Å²) in [5, 5.41) is 0. The molecule has 0 saturated heterocycles. The Balaban J connectivity index is 2.01. The van der Waals surface area contributed by atoms with Crippen LogP contribution in [0.1, 0.15) is 58.1 Å². The Morgan fingerprint density at radius 2 is 1.72 bits per heavy atom. The number of benzene rings is 2. The summed E-state index contributed by atoms with van der Waals surface area (Å²) in [7, 11) is 0. The van der Waals surface area contributed by atoms with Gasteiger partial charge in [0.05, 0.1) is 11.1 Å². The quantitative estimate of drug-likeness (QED) is 0.656. The highest BCUT2D eigenvalue weighted by atomic mass is 16.6. The molecule has 150 valence electrons. The van der Waals surface area contributed by atoms with Crippen LogP contribution in [0.4, 0.5) is 10.5 Å². The summed E-state index contributed by atoms with van der Waals surface area (Å²) in [6.45, 7) is 7.42. The van der Waals surface area contributed by atoms with Gasteiger partial charge in [-0.15, -0.1) is 0 Å². The van der Waals surface area contributed by atoms with Crippen molar-refractivity contribution in [2.24, 2.45) is 0 Å². The van der Waals surface area contributed by atoms with Gasteiger partial charge in [0.1, 0.15) is 5.60 Å². The van der Waals surface area contributed by atoms with Gasteiger partial charge in [-0.3, -0.25) is 4.79 Å². The van der Waals surface area contributed by atoms with Crippen LogP contribution in [0.5, 0.6) is 0 Å². The maximum absolute atomic E-state index is 13.6. The Morgan fingerprint density at radius 1 is 1.07 bits per heavy atom.